The summed E-state index contributed by atoms with van der Waals surface area (Å²) in [6.07, 6.45) is 0.221. The van der Waals surface area contributed by atoms with E-state index in [4.69, 9.17) is 16.3 Å². The van der Waals surface area contributed by atoms with Crippen molar-refractivity contribution in [3.63, 3.8) is 0 Å². The van der Waals surface area contributed by atoms with Gasteiger partial charge in [0.1, 0.15) is 18.3 Å². The molecule has 0 aliphatic heterocycles. The number of carbonyl (C=O) groups excluding carboxylic acids is 2. The fraction of sp³-hybridized carbons (Fsp3) is 0.235. The molecule has 0 unspecified atom stereocenters. The number of sulfonamides is 1. The van der Waals surface area contributed by atoms with Crippen molar-refractivity contribution >= 4 is 39.1 Å². The lowest BCUT2D eigenvalue weighted by Gasteiger charge is -2.34. The van der Waals surface area contributed by atoms with Gasteiger partial charge >= 0.3 is 0 Å². The molecule has 4 rings (SSSR count). The van der Waals surface area contributed by atoms with E-state index in [1.54, 1.807) is 67.6 Å². The number of hydrogen-bond donors (Lipinski definition) is 1. The normalized spacial score (nSPS) is 11.8. The maximum Gasteiger partial charge on any atom is 0.264 e. The lowest BCUT2D eigenvalue weighted by atomic mass is 10.0. The van der Waals surface area contributed by atoms with Crippen LogP contribution in [0.5, 0.6) is 5.75 Å². The number of halogens is 1. The Balaban J connectivity index is 1.80. The summed E-state index contributed by atoms with van der Waals surface area (Å²) in [4.78, 5) is 29.4. The van der Waals surface area contributed by atoms with Gasteiger partial charge in [0.05, 0.1) is 17.7 Å². The highest BCUT2D eigenvalue weighted by Gasteiger charge is 2.34. The predicted molar refractivity (Wildman–Crippen MR) is 173 cm³/mol. The van der Waals surface area contributed by atoms with Gasteiger partial charge in [-0.25, -0.2) is 8.42 Å². The van der Waals surface area contributed by atoms with Gasteiger partial charge in [-0.3, -0.25) is 13.9 Å². The molecule has 0 radical (unpaired) electrons. The number of carbonyl (C=O) groups is 2. The fourth-order valence-electron chi connectivity index (χ4n) is 4.77. The first-order valence-corrected chi connectivity index (χ1v) is 16.0. The molecule has 0 fully saturated rings. The maximum atomic E-state index is 14.4. The van der Waals surface area contributed by atoms with Gasteiger partial charge in [0.15, 0.2) is 0 Å². The van der Waals surface area contributed by atoms with Crippen LogP contribution in [0.15, 0.2) is 108 Å². The third-order valence-corrected chi connectivity index (χ3v) is 9.33. The smallest absolute Gasteiger partial charge is 0.264 e. The zero-order chi connectivity index (χ0) is 31.7. The van der Waals surface area contributed by atoms with Gasteiger partial charge in [-0.05, 0) is 67.4 Å². The Hall–Kier alpha value is -4.34. The van der Waals surface area contributed by atoms with Crippen LogP contribution in [0.1, 0.15) is 23.6 Å². The largest absolute Gasteiger partial charge is 0.497 e. The minimum atomic E-state index is -4.21. The van der Waals surface area contributed by atoms with Crippen molar-refractivity contribution in [3.8, 4) is 5.75 Å². The molecule has 4 aromatic carbocycles. The van der Waals surface area contributed by atoms with E-state index < -0.39 is 28.5 Å². The average molecular weight is 634 g/mol. The molecule has 8 nitrogen and oxygen atoms in total. The van der Waals surface area contributed by atoms with Crippen LogP contribution < -0.4 is 14.4 Å². The molecule has 0 heterocycles. The molecule has 0 bridgehead atoms. The monoisotopic (exact) mass is 633 g/mol. The number of aryl methyl sites for hydroxylation is 1. The van der Waals surface area contributed by atoms with Crippen molar-refractivity contribution in [2.75, 3.05) is 24.5 Å². The maximum absolute atomic E-state index is 14.4. The number of ether oxygens (including phenoxy) is 1. The third kappa shape index (κ3) is 7.98. The summed E-state index contributed by atoms with van der Waals surface area (Å²) < 4.78 is 34.5. The minimum Gasteiger partial charge on any atom is -0.497 e. The van der Waals surface area contributed by atoms with E-state index in [9.17, 15) is 18.0 Å². The van der Waals surface area contributed by atoms with Gasteiger partial charge in [0, 0.05) is 24.5 Å². The van der Waals surface area contributed by atoms with Crippen LogP contribution in [0.2, 0.25) is 5.02 Å². The molecule has 2 amide bonds. The molecular formula is C34H36ClN3O5S. The Morgan fingerprint density at radius 2 is 1.52 bits per heavy atom. The number of anilines is 1. The van der Waals surface area contributed by atoms with E-state index in [0.717, 1.165) is 15.4 Å². The summed E-state index contributed by atoms with van der Waals surface area (Å²) in [5, 5.41) is 3.28. The molecule has 0 spiro atoms. The standard InChI is InChI=1S/C34H36ClN3O5S/c1-4-36-34(40)32(22-26-10-6-5-7-11-26)37(23-27-12-8-9-13-31(27)35)33(39)24-38(28-16-14-25(2)15-17-28)44(41,42)30-20-18-29(43-3)19-21-30/h5-21,32H,4,22-24H2,1-3H3,(H,36,40)/t32-/m1/s1. The van der Waals surface area contributed by atoms with Gasteiger partial charge in [-0.1, -0.05) is 77.8 Å². The van der Waals surface area contributed by atoms with Crippen LogP contribution in [-0.2, 0) is 32.6 Å². The summed E-state index contributed by atoms with van der Waals surface area (Å²) in [5.74, 6) is -0.412. The molecule has 10 heteroatoms. The summed E-state index contributed by atoms with van der Waals surface area (Å²) in [5.41, 5.74) is 2.73. The highest BCUT2D eigenvalue weighted by Crippen LogP contribution is 2.27. The van der Waals surface area contributed by atoms with Gasteiger partial charge < -0.3 is 15.0 Å². The highest BCUT2D eigenvalue weighted by molar-refractivity contribution is 7.92. The number of nitrogens with zero attached hydrogens (tertiary/aromatic N) is 2. The number of likely N-dealkylation sites (N-methyl/N-ethyl adjacent to an activating group) is 1. The number of hydrogen-bond acceptors (Lipinski definition) is 5. The number of nitrogens with one attached hydrogen (secondary N) is 1. The first-order chi connectivity index (χ1) is 21.1. The lowest BCUT2D eigenvalue weighted by Crippen LogP contribution is -2.53. The second-order valence-corrected chi connectivity index (χ2v) is 12.5. The van der Waals surface area contributed by atoms with E-state index in [1.807, 2.05) is 37.3 Å². The van der Waals surface area contributed by atoms with Crippen LogP contribution in [0.25, 0.3) is 0 Å². The van der Waals surface area contributed by atoms with E-state index in [0.29, 0.717) is 28.6 Å². The molecule has 1 atom stereocenters. The van der Waals surface area contributed by atoms with E-state index in [1.165, 1.54) is 24.1 Å². The van der Waals surface area contributed by atoms with Gasteiger partial charge in [0.2, 0.25) is 11.8 Å². The first-order valence-electron chi connectivity index (χ1n) is 14.2. The molecule has 0 aromatic heterocycles. The molecule has 1 N–H and O–H groups in total. The van der Waals surface area contributed by atoms with Crippen molar-refractivity contribution in [2.24, 2.45) is 0 Å². The Kier molecular flexibility index (Phi) is 11.0. The number of amides is 2. The summed E-state index contributed by atoms with van der Waals surface area (Å²) >= 11 is 6.52. The predicted octanol–water partition coefficient (Wildman–Crippen LogP) is 5.63. The van der Waals surface area contributed by atoms with Crippen molar-refractivity contribution in [1.82, 2.24) is 10.2 Å². The van der Waals surface area contributed by atoms with Crippen LogP contribution in [0.3, 0.4) is 0 Å². The molecule has 0 aliphatic rings. The van der Waals surface area contributed by atoms with Crippen molar-refractivity contribution in [2.45, 2.75) is 37.8 Å². The second-order valence-electron chi connectivity index (χ2n) is 10.2. The van der Waals surface area contributed by atoms with Gasteiger partial charge in [-0.15, -0.1) is 0 Å². The summed E-state index contributed by atoms with van der Waals surface area (Å²) in [7, 11) is -2.72. The van der Waals surface area contributed by atoms with Crippen molar-refractivity contribution < 1.29 is 22.7 Å². The van der Waals surface area contributed by atoms with E-state index >= 15 is 0 Å². The lowest BCUT2D eigenvalue weighted by molar-refractivity contribution is -0.140. The number of rotatable bonds is 13. The quantitative estimate of drug-likeness (QED) is 0.206. The van der Waals surface area contributed by atoms with Crippen LogP contribution >= 0.6 is 11.6 Å². The Bertz CT molecular complexity index is 1660. The Labute approximate surface area is 264 Å². The summed E-state index contributed by atoms with van der Waals surface area (Å²) in [6, 6.07) is 28.4. The van der Waals surface area contributed by atoms with E-state index in [-0.39, 0.29) is 23.8 Å². The highest BCUT2D eigenvalue weighted by atomic mass is 35.5. The minimum absolute atomic E-state index is 0.00252. The third-order valence-electron chi connectivity index (χ3n) is 7.17. The molecule has 230 valence electrons. The fourth-order valence-corrected chi connectivity index (χ4v) is 6.38. The molecule has 0 saturated heterocycles. The number of methoxy groups -OCH3 is 1. The molecule has 4 aromatic rings. The molecule has 0 aliphatic carbocycles. The Morgan fingerprint density at radius 3 is 2.14 bits per heavy atom. The first kappa shape index (κ1) is 32.6. The molecule has 0 saturated carbocycles. The Morgan fingerprint density at radius 1 is 0.886 bits per heavy atom. The van der Waals surface area contributed by atoms with E-state index in [2.05, 4.69) is 5.32 Å². The second kappa shape index (κ2) is 14.9. The van der Waals surface area contributed by atoms with Gasteiger partial charge in [0.25, 0.3) is 10.0 Å². The van der Waals surface area contributed by atoms with Gasteiger partial charge in [-0.2, -0.15) is 0 Å². The zero-order valence-corrected chi connectivity index (χ0v) is 26.5. The van der Waals surface area contributed by atoms with Crippen molar-refractivity contribution in [1.29, 1.82) is 0 Å². The summed E-state index contributed by atoms with van der Waals surface area (Å²) in [6.45, 7) is 3.50. The molecule has 44 heavy (non-hydrogen) atoms. The van der Waals surface area contributed by atoms with Crippen LogP contribution in [0.4, 0.5) is 5.69 Å². The SMILES string of the molecule is CCNC(=O)[C@@H](Cc1ccccc1)N(Cc1ccccc1Cl)C(=O)CN(c1ccc(C)cc1)S(=O)(=O)c1ccc(OC)cc1. The molecular weight excluding hydrogens is 598 g/mol. The van der Waals surface area contributed by atoms with Crippen LogP contribution in [-0.4, -0.2) is 51.4 Å². The van der Waals surface area contributed by atoms with Crippen molar-refractivity contribution in [3.05, 3.63) is 125 Å². The average Bonchev–Trinajstić information content (AvgIpc) is 3.03. The number of benzene rings is 4. The zero-order valence-electron chi connectivity index (χ0n) is 24.9. The topological polar surface area (TPSA) is 96.0 Å². The van der Waals surface area contributed by atoms with Crippen LogP contribution in [0, 0.1) is 6.92 Å².